The van der Waals surface area contributed by atoms with Crippen molar-refractivity contribution in [2.24, 2.45) is 0 Å². The summed E-state index contributed by atoms with van der Waals surface area (Å²) in [7, 11) is 0. The van der Waals surface area contributed by atoms with Crippen LogP contribution in [0.4, 0.5) is 11.6 Å². The Morgan fingerprint density at radius 2 is 2.00 bits per heavy atom. The summed E-state index contributed by atoms with van der Waals surface area (Å²) >= 11 is 0. The van der Waals surface area contributed by atoms with Crippen molar-refractivity contribution in [1.29, 1.82) is 0 Å². The Kier molecular flexibility index (Phi) is 5.02. The zero-order valence-electron chi connectivity index (χ0n) is 13.4. The summed E-state index contributed by atoms with van der Waals surface area (Å²) in [5.74, 6) is 0.217. The molecule has 7 heteroatoms. The zero-order valence-corrected chi connectivity index (χ0v) is 13.4. The molecule has 0 radical (unpaired) electrons. The summed E-state index contributed by atoms with van der Waals surface area (Å²) < 4.78 is 5.43. The van der Waals surface area contributed by atoms with E-state index in [4.69, 9.17) is 4.74 Å². The summed E-state index contributed by atoms with van der Waals surface area (Å²) in [5.41, 5.74) is 1.26. The van der Waals surface area contributed by atoms with Gasteiger partial charge in [0, 0.05) is 37.8 Å². The van der Waals surface area contributed by atoms with Gasteiger partial charge in [-0.3, -0.25) is 4.79 Å². The number of aliphatic hydroxyl groups is 1. The van der Waals surface area contributed by atoms with Gasteiger partial charge in [0.1, 0.15) is 6.10 Å². The highest BCUT2D eigenvalue weighted by atomic mass is 16.5. The molecule has 2 N–H and O–H groups in total. The summed E-state index contributed by atoms with van der Waals surface area (Å²) in [6.07, 6.45) is 1.98. The van der Waals surface area contributed by atoms with Crippen molar-refractivity contribution in [3.8, 4) is 0 Å². The number of aliphatic hydroxyl groups excluding tert-OH is 1. The fourth-order valence-corrected chi connectivity index (χ4v) is 2.64. The van der Waals surface area contributed by atoms with E-state index in [0.717, 1.165) is 5.69 Å². The minimum Gasteiger partial charge on any atom is -0.388 e. The van der Waals surface area contributed by atoms with E-state index in [1.165, 1.54) is 12.4 Å². The second-order valence-corrected chi connectivity index (χ2v) is 5.56. The Hall–Kier alpha value is -2.51. The molecule has 0 saturated carbocycles. The summed E-state index contributed by atoms with van der Waals surface area (Å²) in [6, 6.07) is 9.55. The van der Waals surface area contributed by atoms with Crippen LogP contribution in [0, 0.1) is 0 Å². The molecule has 1 aromatic heterocycles. The summed E-state index contributed by atoms with van der Waals surface area (Å²) in [6.45, 7) is 3.00. The molecule has 24 heavy (non-hydrogen) atoms. The molecule has 7 nitrogen and oxygen atoms in total. The fraction of sp³-hybridized carbons (Fsp3) is 0.353. The van der Waals surface area contributed by atoms with E-state index in [-0.39, 0.29) is 18.6 Å². The van der Waals surface area contributed by atoms with E-state index >= 15 is 0 Å². The lowest BCUT2D eigenvalue weighted by molar-refractivity contribution is -0.00237. The first-order chi connectivity index (χ1) is 11.7. The third-order valence-electron chi connectivity index (χ3n) is 3.83. The molecule has 126 valence electrons. The second kappa shape index (κ2) is 7.37. The summed E-state index contributed by atoms with van der Waals surface area (Å²) in [5, 5.41) is 13.0. The second-order valence-electron chi connectivity index (χ2n) is 5.56. The first-order valence-electron chi connectivity index (χ1n) is 7.90. The molecular formula is C17H20N4O3. The van der Waals surface area contributed by atoms with Gasteiger partial charge in [-0.1, -0.05) is 18.2 Å². The molecule has 0 aliphatic carbocycles. The fourth-order valence-electron chi connectivity index (χ4n) is 2.64. The molecule has 2 heterocycles. The van der Waals surface area contributed by atoms with E-state index < -0.39 is 6.10 Å². The van der Waals surface area contributed by atoms with Crippen LogP contribution in [0.1, 0.15) is 17.3 Å². The van der Waals surface area contributed by atoms with Gasteiger partial charge in [-0.05, 0) is 19.1 Å². The summed E-state index contributed by atoms with van der Waals surface area (Å²) in [4.78, 5) is 22.4. The van der Waals surface area contributed by atoms with Crippen molar-refractivity contribution in [3.05, 3.63) is 48.3 Å². The van der Waals surface area contributed by atoms with Crippen LogP contribution >= 0.6 is 0 Å². The minimum atomic E-state index is -0.658. The van der Waals surface area contributed by atoms with Gasteiger partial charge in [-0.25, -0.2) is 9.97 Å². The SMILES string of the molecule is CCO[C@H]1CN(C(=O)c2cnc(Nc3ccccc3)nc2)C[C@@H]1O. The Labute approximate surface area is 140 Å². The maximum absolute atomic E-state index is 12.5. The highest BCUT2D eigenvalue weighted by Gasteiger charge is 2.35. The third-order valence-corrected chi connectivity index (χ3v) is 3.83. The number of hydrogen-bond donors (Lipinski definition) is 2. The van der Waals surface area contributed by atoms with Crippen LogP contribution in [0.15, 0.2) is 42.7 Å². The third kappa shape index (κ3) is 3.69. The van der Waals surface area contributed by atoms with Crippen LogP contribution in [0.2, 0.25) is 0 Å². The number of anilines is 2. The zero-order chi connectivity index (χ0) is 16.9. The molecule has 1 aromatic carbocycles. The number of ether oxygens (including phenoxy) is 1. The molecule has 1 fully saturated rings. The van der Waals surface area contributed by atoms with E-state index in [1.807, 2.05) is 37.3 Å². The Balaban J connectivity index is 1.64. The average molecular weight is 328 g/mol. The van der Waals surface area contributed by atoms with Crippen molar-refractivity contribution in [3.63, 3.8) is 0 Å². The number of rotatable bonds is 5. The van der Waals surface area contributed by atoms with Crippen LogP contribution in [0.3, 0.4) is 0 Å². The van der Waals surface area contributed by atoms with Crippen molar-refractivity contribution in [2.45, 2.75) is 19.1 Å². The molecule has 0 bridgehead atoms. The standard InChI is InChI=1S/C17H20N4O3/c1-2-24-15-11-21(10-14(15)22)16(23)12-8-18-17(19-9-12)20-13-6-4-3-5-7-13/h3-9,14-15,22H,2,10-11H2,1H3,(H,18,19,20)/t14-,15-/m0/s1. The first-order valence-corrected chi connectivity index (χ1v) is 7.90. The van der Waals surface area contributed by atoms with Crippen LogP contribution < -0.4 is 5.32 Å². The predicted molar refractivity (Wildman–Crippen MR) is 89.1 cm³/mol. The highest BCUT2D eigenvalue weighted by Crippen LogP contribution is 2.17. The largest absolute Gasteiger partial charge is 0.388 e. The maximum Gasteiger partial charge on any atom is 0.257 e. The normalized spacial score (nSPS) is 20.2. The first kappa shape index (κ1) is 16.4. The number of amides is 1. The predicted octanol–water partition coefficient (Wildman–Crippen LogP) is 1.44. The quantitative estimate of drug-likeness (QED) is 0.863. The van der Waals surface area contributed by atoms with Gasteiger partial charge >= 0.3 is 0 Å². The average Bonchev–Trinajstić information content (AvgIpc) is 2.97. The van der Waals surface area contributed by atoms with Crippen molar-refractivity contribution in [1.82, 2.24) is 14.9 Å². The molecular weight excluding hydrogens is 308 g/mol. The maximum atomic E-state index is 12.5. The Morgan fingerprint density at radius 1 is 1.29 bits per heavy atom. The number of β-amino-alcohol motifs (C(OH)–C–C–N with tert-alkyl or cyclic N) is 1. The number of carbonyl (C=O) groups excluding carboxylic acids is 1. The number of carbonyl (C=O) groups is 1. The van der Waals surface area contributed by atoms with Gasteiger partial charge < -0.3 is 20.1 Å². The van der Waals surface area contributed by atoms with Crippen molar-refractivity contribution >= 4 is 17.5 Å². The van der Waals surface area contributed by atoms with Gasteiger partial charge in [-0.15, -0.1) is 0 Å². The Bertz CT molecular complexity index is 678. The topological polar surface area (TPSA) is 87.6 Å². The molecule has 1 aliphatic rings. The molecule has 2 atom stereocenters. The van der Waals surface area contributed by atoms with Crippen LogP contribution in [0.25, 0.3) is 0 Å². The van der Waals surface area contributed by atoms with Crippen LogP contribution in [-0.2, 0) is 4.74 Å². The molecule has 2 aromatic rings. The van der Waals surface area contributed by atoms with Crippen LogP contribution in [0.5, 0.6) is 0 Å². The van der Waals surface area contributed by atoms with Gasteiger partial charge in [0.25, 0.3) is 5.91 Å². The number of aromatic nitrogens is 2. The lowest BCUT2D eigenvalue weighted by atomic mass is 10.3. The van der Waals surface area contributed by atoms with Gasteiger partial charge in [-0.2, -0.15) is 0 Å². The monoisotopic (exact) mass is 328 g/mol. The molecule has 3 rings (SSSR count). The van der Waals surface area contributed by atoms with E-state index in [9.17, 15) is 9.90 Å². The molecule has 1 saturated heterocycles. The van der Waals surface area contributed by atoms with Gasteiger partial charge in [0.05, 0.1) is 11.7 Å². The van der Waals surface area contributed by atoms with Gasteiger partial charge in [0.15, 0.2) is 0 Å². The number of likely N-dealkylation sites (tertiary alicyclic amines) is 1. The van der Waals surface area contributed by atoms with Crippen molar-refractivity contribution < 1.29 is 14.6 Å². The van der Waals surface area contributed by atoms with E-state index in [1.54, 1.807) is 4.90 Å². The van der Waals surface area contributed by atoms with E-state index in [2.05, 4.69) is 15.3 Å². The lowest BCUT2D eigenvalue weighted by Crippen LogP contribution is -2.30. The van der Waals surface area contributed by atoms with Crippen LogP contribution in [-0.4, -0.2) is 57.8 Å². The number of para-hydroxylation sites is 1. The smallest absolute Gasteiger partial charge is 0.257 e. The number of nitrogens with one attached hydrogen (secondary N) is 1. The lowest BCUT2D eigenvalue weighted by Gasteiger charge is -2.15. The van der Waals surface area contributed by atoms with Crippen molar-refractivity contribution in [2.75, 3.05) is 25.0 Å². The number of benzene rings is 1. The van der Waals surface area contributed by atoms with Gasteiger partial charge in [0.2, 0.25) is 5.95 Å². The molecule has 1 aliphatic heterocycles. The highest BCUT2D eigenvalue weighted by molar-refractivity contribution is 5.94. The number of hydrogen-bond acceptors (Lipinski definition) is 6. The Morgan fingerprint density at radius 3 is 2.67 bits per heavy atom. The molecule has 0 unspecified atom stereocenters. The number of nitrogens with zero attached hydrogens (tertiary/aromatic N) is 3. The molecule has 0 spiro atoms. The molecule has 1 amide bonds. The minimum absolute atomic E-state index is 0.206. The van der Waals surface area contributed by atoms with E-state index in [0.29, 0.717) is 24.7 Å².